The van der Waals surface area contributed by atoms with Gasteiger partial charge in [0.1, 0.15) is 5.75 Å². The Bertz CT molecular complexity index is 802. The molecule has 0 aliphatic heterocycles. The summed E-state index contributed by atoms with van der Waals surface area (Å²) in [5, 5.41) is 14.4. The zero-order chi connectivity index (χ0) is 18.6. The second-order valence-electron chi connectivity index (χ2n) is 4.95. The number of hydrogen-bond donors (Lipinski definition) is 1. The molecule has 0 aliphatic carbocycles. The molecule has 0 fully saturated rings. The first kappa shape index (κ1) is 24.4. The molecule has 0 saturated heterocycles. The van der Waals surface area contributed by atoms with E-state index in [4.69, 9.17) is 4.74 Å². The minimum absolute atomic E-state index is 0. The van der Waals surface area contributed by atoms with Crippen molar-refractivity contribution < 1.29 is 49.0 Å². The first-order chi connectivity index (χ1) is 11.9. The zero-order valence-electron chi connectivity index (χ0n) is 14.0. The topological polar surface area (TPSA) is 78.5 Å². The summed E-state index contributed by atoms with van der Waals surface area (Å²) < 4.78 is 7.85. The molecule has 2 aromatic rings. The summed E-state index contributed by atoms with van der Waals surface area (Å²) in [6.07, 6.45) is -1.26. The van der Waals surface area contributed by atoms with Gasteiger partial charge in [-0.25, -0.2) is 0 Å². The number of rotatable bonds is 6. The molecule has 9 heteroatoms. The van der Waals surface area contributed by atoms with Crippen molar-refractivity contribution in [3.8, 4) is 5.75 Å². The maximum atomic E-state index is 12.3. The van der Waals surface area contributed by atoms with Crippen molar-refractivity contribution in [2.75, 3.05) is 6.54 Å². The van der Waals surface area contributed by atoms with Crippen LogP contribution in [0.25, 0.3) is 0 Å². The Kier molecular flexibility index (Phi) is 10.7. The van der Waals surface area contributed by atoms with Crippen LogP contribution >= 0.6 is 67.8 Å². The van der Waals surface area contributed by atoms with Gasteiger partial charge in [0.2, 0.25) is 0 Å². The zero-order valence-corrected chi connectivity index (χ0v) is 22.5. The van der Waals surface area contributed by atoms with Crippen molar-refractivity contribution in [1.82, 2.24) is 5.32 Å². The summed E-state index contributed by atoms with van der Waals surface area (Å²) in [4.78, 5) is 23.9. The van der Waals surface area contributed by atoms with Crippen molar-refractivity contribution in [1.29, 1.82) is 0 Å². The average molecular weight is 699 g/mol. The Labute approximate surface area is 214 Å². The third-order valence-electron chi connectivity index (χ3n) is 3.24. The number of halogens is 3. The van der Waals surface area contributed by atoms with Gasteiger partial charge in [0.15, 0.2) is 6.10 Å². The van der Waals surface area contributed by atoms with E-state index in [0.717, 1.165) is 7.14 Å². The third-order valence-corrected chi connectivity index (χ3v) is 5.93. The maximum Gasteiger partial charge on any atom is 1.00 e. The maximum absolute atomic E-state index is 12.3. The first-order valence-electron chi connectivity index (χ1n) is 7.25. The van der Waals surface area contributed by atoms with E-state index < -0.39 is 12.1 Å². The molecule has 0 spiro atoms. The molecule has 0 heterocycles. The van der Waals surface area contributed by atoms with Crippen LogP contribution in [0.3, 0.4) is 0 Å². The molecule has 0 aromatic heterocycles. The van der Waals surface area contributed by atoms with E-state index in [1.807, 2.05) is 29.5 Å². The molecule has 1 amide bonds. The summed E-state index contributed by atoms with van der Waals surface area (Å²) in [6.45, 7) is 2.34. The van der Waals surface area contributed by atoms with Crippen LogP contribution in [0.15, 0.2) is 36.4 Å². The monoisotopic (exact) mass is 699 g/mol. The number of aliphatic carboxylic acids is 1. The Morgan fingerprint density at radius 1 is 1.15 bits per heavy atom. The van der Waals surface area contributed by atoms with E-state index in [0.29, 0.717) is 27.0 Å². The van der Waals surface area contributed by atoms with Gasteiger partial charge in [-0.1, -0.05) is 30.3 Å². The van der Waals surface area contributed by atoms with E-state index >= 15 is 0 Å². The van der Waals surface area contributed by atoms with Crippen LogP contribution in [-0.4, -0.2) is 18.4 Å². The number of nitrogens with one attached hydrogen (secondary N) is 1. The quantitative estimate of drug-likeness (QED) is 0.344. The third kappa shape index (κ3) is 5.93. The van der Waals surface area contributed by atoms with Crippen molar-refractivity contribution in [3.63, 3.8) is 0 Å². The fraction of sp³-hybridized carbons (Fsp3) is 0.176. The van der Waals surface area contributed by atoms with E-state index in [9.17, 15) is 14.7 Å². The number of amides is 1. The number of carbonyl (C=O) groups is 2. The second-order valence-corrected chi connectivity index (χ2v) is 8.35. The minimum atomic E-state index is -1.34. The largest absolute Gasteiger partial charge is 1.00 e. The van der Waals surface area contributed by atoms with E-state index in [1.165, 1.54) is 0 Å². The van der Waals surface area contributed by atoms with Gasteiger partial charge in [-0.3, -0.25) is 4.79 Å². The Balaban J connectivity index is 0.00000338. The smallest absolute Gasteiger partial charge is 0.546 e. The van der Waals surface area contributed by atoms with Gasteiger partial charge in [0, 0.05) is 10.1 Å². The second kappa shape index (κ2) is 11.4. The van der Waals surface area contributed by atoms with Crippen LogP contribution in [0.1, 0.15) is 28.9 Å². The molecule has 0 saturated carbocycles. The van der Waals surface area contributed by atoms with Crippen molar-refractivity contribution >= 4 is 79.6 Å². The molecule has 132 valence electrons. The summed E-state index contributed by atoms with van der Waals surface area (Å²) >= 11 is 6.17. The molecule has 0 radical (unpaired) electrons. The summed E-state index contributed by atoms with van der Waals surface area (Å²) in [5.41, 5.74) is 0.954. The van der Waals surface area contributed by atoms with E-state index in [-0.39, 0.29) is 35.5 Å². The van der Waals surface area contributed by atoms with Gasteiger partial charge in [-0.05, 0) is 86.3 Å². The number of hydrogen-bond acceptors (Lipinski definition) is 4. The van der Waals surface area contributed by atoms with Gasteiger partial charge < -0.3 is 20.0 Å². The fourth-order valence-corrected chi connectivity index (χ4v) is 6.25. The van der Waals surface area contributed by atoms with Crippen LogP contribution in [0.4, 0.5) is 0 Å². The van der Waals surface area contributed by atoms with Crippen LogP contribution in [0.2, 0.25) is 0 Å². The van der Waals surface area contributed by atoms with Crippen molar-refractivity contribution in [2.24, 2.45) is 0 Å². The normalized spacial score (nSPS) is 11.2. The van der Waals surface area contributed by atoms with E-state index in [2.05, 4.69) is 50.5 Å². The summed E-state index contributed by atoms with van der Waals surface area (Å²) in [7, 11) is 0. The van der Waals surface area contributed by atoms with Gasteiger partial charge in [0.05, 0.1) is 18.7 Å². The van der Waals surface area contributed by atoms with Gasteiger partial charge in [-0.2, -0.15) is 0 Å². The van der Waals surface area contributed by atoms with Crippen LogP contribution in [0.5, 0.6) is 5.75 Å². The minimum Gasteiger partial charge on any atom is -0.546 e. The molecule has 5 nitrogen and oxygen atoms in total. The molecule has 26 heavy (non-hydrogen) atoms. The Hall–Kier alpha value is 0.370. The molecule has 0 aliphatic rings. The SMILES string of the molecule is CCNC(=O)c1c(I)cc(I)c(OC(C(=O)[O-])c2ccccc2)c1I.[Na+]. The summed E-state index contributed by atoms with van der Waals surface area (Å²) in [6, 6.07) is 10.4. The molecular formula is C17H13I3NNaO4. The predicted molar refractivity (Wildman–Crippen MR) is 117 cm³/mol. The molecule has 0 bridgehead atoms. The predicted octanol–water partition coefficient (Wildman–Crippen LogP) is 0.124. The van der Waals surface area contributed by atoms with Gasteiger partial charge in [-0.15, -0.1) is 0 Å². The molecule has 2 aromatic carbocycles. The van der Waals surface area contributed by atoms with Crippen LogP contribution in [0, 0.1) is 10.7 Å². The van der Waals surface area contributed by atoms with Crippen LogP contribution in [-0.2, 0) is 4.79 Å². The number of ether oxygens (including phenoxy) is 1. The first-order valence-corrected chi connectivity index (χ1v) is 10.5. The van der Waals surface area contributed by atoms with Gasteiger partial charge in [0.25, 0.3) is 5.91 Å². The molecule has 1 atom stereocenters. The van der Waals surface area contributed by atoms with Crippen LogP contribution < -0.4 is 44.7 Å². The fourth-order valence-electron chi connectivity index (χ4n) is 2.14. The Morgan fingerprint density at radius 3 is 2.31 bits per heavy atom. The standard InChI is InChI=1S/C17H14I3NO4.Na/c1-2-21-16(22)12-10(18)8-11(19)15(13(12)20)25-14(17(23)24)9-6-4-3-5-7-9;/h3-8,14H,2H2,1H3,(H,21,22)(H,23,24);/q;+1/p-1. The number of carboxylic acids is 1. The van der Waals surface area contributed by atoms with E-state index in [1.54, 1.807) is 36.4 Å². The van der Waals surface area contributed by atoms with Crippen molar-refractivity contribution in [3.05, 3.63) is 58.2 Å². The van der Waals surface area contributed by atoms with Crippen molar-refractivity contribution in [2.45, 2.75) is 13.0 Å². The number of benzene rings is 2. The average Bonchev–Trinajstić information content (AvgIpc) is 2.55. The molecule has 1 unspecified atom stereocenters. The molecular weight excluding hydrogens is 686 g/mol. The summed E-state index contributed by atoms with van der Waals surface area (Å²) in [5.74, 6) is -1.20. The molecule has 2 rings (SSSR count). The Morgan fingerprint density at radius 2 is 1.77 bits per heavy atom. The number of carbonyl (C=O) groups excluding carboxylic acids is 2. The number of carboxylic acid groups (broad SMARTS) is 1. The molecule has 1 N–H and O–H groups in total. The van der Waals surface area contributed by atoms with Gasteiger partial charge >= 0.3 is 29.6 Å².